The van der Waals surface area contributed by atoms with Gasteiger partial charge in [-0.05, 0) is 19.3 Å². The maximum absolute atomic E-state index is 10.7. The molecule has 0 radical (unpaired) electrons. The highest BCUT2D eigenvalue weighted by Gasteiger charge is 1.97. The number of rotatable bonds is 9. The van der Waals surface area contributed by atoms with Crippen molar-refractivity contribution in [3.8, 4) is 0 Å². The average Bonchev–Trinajstić information content (AvgIpc) is 2.21. The molecule has 0 aliphatic rings. The molecule has 14 heavy (non-hydrogen) atoms. The third kappa shape index (κ3) is 9.48. The molecule has 0 saturated carbocycles. The van der Waals surface area contributed by atoms with Crippen LogP contribution >= 0.6 is 0 Å². The molecule has 0 heterocycles. The minimum atomic E-state index is -0.0862. The fourth-order valence-electron chi connectivity index (χ4n) is 1.09. The molecule has 0 fully saturated rings. The number of ether oxygens (including phenoxy) is 1. The number of nitrogens with two attached hydrogens (primary N) is 1. The average molecular weight is 202 g/mol. The van der Waals surface area contributed by atoms with Gasteiger partial charge in [-0.1, -0.05) is 19.8 Å². The van der Waals surface area contributed by atoms with Gasteiger partial charge in [-0.25, -0.2) is 5.84 Å². The third-order valence-corrected chi connectivity index (χ3v) is 2.00. The maximum Gasteiger partial charge on any atom is 0.233 e. The molecule has 0 bridgehead atoms. The van der Waals surface area contributed by atoms with Gasteiger partial charge in [0.25, 0.3) is 0 Å². The second kappa shape index (κ2) is 10.5. The van der Waals surface area contributed by atoms with Crippen LogP contribution in [0.3, 0.4) is 0 Å². The lowest BCUT2D eigenvalue weighted by Gasteiger charge is -2.02. The quantitative estimate of drug-likeness (QED) is 0.257. The Morgan fingerprint density at radius 3 is 2.57 bits per heavy atom. The van der Waals surface area contributed by atoms with Crippen LogP contribution in [0.25, 0.3) is 0 Å². The van der Waals surface area contributed by atoms with Gasteiger partial charge in [0, 0.05) is 19.6 Å². The molecule has 4 heteroatoms. The third-order valence-electron chi connectivity index (χ3n) is 2.00. The summed E-state index contributed by atoms with van der Waals surface area (Å²) in [6, 6.07) is 0. The van der Waals surface area contributed by atoms with Gasteiger partial charge < -0.3 is 4.74 Å². The summed E-state index contributed by atoms with van der Waals surface area (Å²) in [4.78, 5) is 10.7. The standard InChI is InChI=1S/C10H22N2O2/c1-2-3-8-14-9-6-4-5-7-10(13)12-11/h2-9,11H2,1H3,(H,12,13). The molecule has 3 N–H and O–H groups in total. The molecule has 0 aromatic heterocycles. The zero-order chi connectivity index (χ0) is 10.6. The number of hydrazine groups is 1. The van der Waals surface area contributed by atoms with E-state index in [0.29, 0.717) is 6.42 Å². The molecule has 1 amide bonds. The summed E-state index contributed by atoms with van der Waals surface area (Å²) in [6.45, 7) is 3.82. The first-order valence-corrected chi connectivity index (χ1v) is 5.38. The van der Waals surface area contributed by atoms with Crippen LogP contribution in [0, 0.1) is 0 Å². The molecule has 0 unspecified atom stereocenters. The van der Waals surface area contributed by atoms with Crippen molar-refractivity contribution in [2.75, 3.05) is 13.2 Å². The Morgan fingerprint density at radius 1 is 1.21 bits per heavy atom. The van der Waals surface area contributed by atoms with Crippen LogP contribution < -0.4 is 11.3 Å². The van der Waals surface area contributed by atoms with E-state index in [-0.39, 0.29) is 5.91 Å². The van der Waals surface area contributed by atoms with Gasteiger partial charge in [0.2, 0.25) is 5.91 Å². The molecule has 0 aromatic rings. The fraction of sp³-hybridized carbons (Fsp3) is 0.900. The fourth-order valence-corrected chi connectivity index (χ4v) is 1.09. The van der Waals surface area contributed by atoms with Crippen LogP contribution in [-0.4, -0.2) is 19.1 Å². The number of unbranched alkanes of at least 4 members (excludes halogenated alkanes) is 3. The zero-order valence-electron chi connectivity index (χ0n) is 9.05. The number of amides is 1. The van der Waals surface area contributed by atoms with Crippen molar-refractivity contribution in [1.82, 2.24) is 5.43 Å². The predicted octanol–water partition coefficient (Wildman–Crippen LogP) is 1.35. The van der Waals surface area contributed by atoms with Crippen LogP contribution in [0.15, 0.2) is 0 Å². The van der Waals surface area contributed by atoms with Crippen molar-refractivity contribution in [1.29, 1.82) is 0 Å². The summed E-state index contributed by atoms with van der Waals surface area (Å²) in [5.74, 6) is 4.86. The summed E-state index contributed by atoms with van der Waals surface area (Å²) in [5.41, 5.74) is 2.11. The predicted molar refractivity (Wildman–Crippen MR) is 56.5 cm³/mol. The molecule has 0 rings (SSSR count). The van der Waals surface area contributed by atoms with Crippen molar-refractivity contribution < 1.29 is 9.53 Å². The van der Waals surface area contributed by atoms with E-state index in [0.717, 1.165) is 38.9 Å². The van der Waals surface area contributed by atoms with Gasteiger partial charge in [0.15, 0.2) is 0 Å². The van der Waals surface area contributed by atoms with E-state index < -0.39 is 0 Å². The topological polar surface area (TPSA) is 64.3 Å². The molecule has 0 aliphatic heterocycles. The molecule has 4 nitrogen and oxygen atoms in total. The molecule has 0 saturated heterocycles. The highest BCUT2D eigenvalue weighted by molar-refractivity contribution is 5.74. The Bertz CT molecular complexity index is 140. The summed E-state index contributed by atoms with van der Waals surface area (Å²) >= 11 is 0. The van der Waals surface area contributed by atoms with E-state index in [1.54, 1.807) is 0 Å². The molecule has 0 aromatic carbocycles. The Kier molecular flexibility index (Phi) is 10.0. The Labute approximate surface area is 86.2 Å². The van der Waals surface area contributed by atoms with E-state index in [1.807, 2.05) is 0 Å². The highest BCUT2D eigenvalue weighted by Crippen LogP contribution is 2.00. The van der Waals surface area contributed by atoms with Crippen molar-refractivity contribution in [3.05, 3.63) is 0 Å². The maximum atomic E-state index is 10.7. The largest absolute Gasteiger partial charge is 0.381 e. The van der Waals surface area contributed by atoms with Gasteiger partial charge >= 0.3 is 0 Å². The number of hydrogen-bond acceptors (Lipinski definition) is 3. The van der Waals surface area contributed by atoms with Gasteiger partial charge in [0.1, 0.15) is 0 Å². The van der Waals surface area contributed by atoms with Crippen LogP contribution in [0.5, 0.6) is 0 Å². The summed E-state index contributed by atoms with van der Waals surface area (Å²) in [5, 5.41) is 0. The normalized spacial score (nSPS) is 10.1. The summed E-state index contributed by atoms with van der Waals surface area (Å²) in [7, 11) is 0. The number of carbonyl (C=O) groups is 1. The Balaban J connectivity index is 2.95. The smallest absolute Gasteiger partial charge is 0.233 e. The van der Waals surface area contributed by atoms with E-state index in [9.17, 15) is 4.79 Å². The zero-order valence-corrected chi connectivity index (χ0v) is 9.05. The first kappa shape index (κ1) is 13.4. The van der Waals surface area contributed by atoms with Crippen LogP contribution in [0.1, 0.15) is 45.4 Å². The first-order chi connectivity index (χ1) is 6.81. The molecule has 0 aliphatic carbocycles. The highest BCUT2D eigenvalue weighted by atomic mass is 16.5. The van der Waals surface area contributed by atoms with E-state index in [1.165, 1.54) is 6.42 Å². The molecular formula is C10H22N2O2. The second-order valence-corrected chi connectivity index (χ2v) is 3.34. The van der Waals surface area contributed by atoms with Gasteiger partial charge in [-0.15, -0.1) is 0 Å². The lowest BCUT2D eigenvalue weighted by molar-refractivity contribution is -0.121. The lowest BCUT2D eigenvalue weighted by atomic mass is 10.2. The summed E-state index contributed by atoms with van der Waals surface area (Å²) < 4.78 is 5.38. The van der Waals surface area contributed by atoms with Crippen molar-refractivity contribution >= 4 is 5.91 Å². The van der Waals surface area contributed by atoms with Crippen molar-refractivity contribution in [2.45, 2.75) is 45.4 Å². The van der Waals surface area contributed by atoms with E-state index >= 15 is 0 Å². The summed E-state index contributed by atoms with van der Waals surface area (Å²) in [6.07, 6.45) is 5.78. The monoisotopic (exact) mass is 202 g/mol. The van der Waals surface area contributed by atoms with Gasteiger partial charge in [-0.3, -0.25) is 10.2 Å². The Morgan fingerprint density at radius 2 is 1.93 bits per heavy atom. The Hall–Kier alpha value is -0.610. The molecule has 0 atom stereocenters. The molecule has 84 valence electrons. The second-order valence-electron chi connectivity index (χ2n) is 3.34. The lowest BCUT2D eigenvalue weighted by Crippen LogP contribution is -2.29. The SMILES string of the molecule is CCCCOCCCCCC(=O)NN. The number of nitrogens with one attached hydrogen (secondary N) is 1. The van der Waals surface area contributed by atoms with E-state index in [2.05, 4.69) is 12.3 Å². The van der Waals surface area contributed by atoms with E-state index in [4.69, 9.17) is 10.6 Å². The van der Waals surface area contributed by atoms with Crippen LogP contribution in [0.2, 0.25) is 0 Å². The molecular weight excluding hydrogens is 180 g/mol. The number of hydrogen-bond donors (Lipinski definition) is 2. The van der Waals surface area contributed by atoms with Gasteiger partial charge in [-0.2, -0.15) is 0 Å². The van der Waals surface area contributed by atoms with Crippen molar-refractivity contribution in [3.63, 3.8) is 0 Å². The molecule has 0 spiro atoms. The van der Waals surface area contributed by atoms with Crippen LogP contribution in [-0.2, 0) is 9.53 Å². The van der Waals surface area contributed by atoms with Crippen molar-refractivity contribution in [2.24, 2.45) is 5.84 Å². The minimum Gasteiger partial charge on any atom is -0.381 e. The van der Waals surface area contributed by atoms with Gasteiger partial charge in [0.05, 0.1) is 0 Å². The minimum absolute atomic E-state index is 0.0862. The number of carbonyl (C=O) groups excluding carboxylic acids is 1. The van der Waals surface area contributed by atoms with Crippen LogP contribution in [0.4, 0.5) is 0 Å². The first-order valence-electron chi connectivity index (χ1n) is 5.38.